The van der Waals surface area contributed by atoms with Crippen molar-refractivity contribution in [2.45, 2.75) is 12.5 Å². The standard InChI is InChI=1S/C16H15N5O3/c1-19-13-12(17-9-18-13)15(23)21(16(19)24)11-7-8-20(14(11)22)10-5-3-2-4-6-10/h2-6,9,11H,7-8H2,1H3,(H,17,18). The summed E-state index contributed by atoms with van der Waals surface area (Å²) >= 11 is 0. The maximum atomic E-state index is 12.8. The number of nitrogens with one attached hydrogen (secondary N) is 1. The molecule has 0 spiro atoms. The number of H-pyrrole nitrogens is 1. The molecule has 8 nitrogen and oxygen atoms in total. The highest BCUT2D eigenvalue weighted by Gasteiger charge is 2.36. The molecule has 1 unspecified atom stereocenters. The van der Waals surface area contributed by atoms with Crippen LogP contribution in [0.1, 0.15) is 12.5 Å². The minimum Gasteiger partial charge on any atom is -0.339 e. The molecule has 1 amide bonds. The SMILES string of the molecule is Cn1c(=O)n(C2CCN(c3ccccc3)C2=O)c(=O)c2[nH]cnc21. The highest BCUT2D eigenvalue weighted by molar-refractivity contribution is 5.98. The normalized spacial score (nSPS) is 17.8. The molecule has 3 heterocycles. The molecule has 1 saturated heterocycles. The van der Waals surface area contributed by atoms with Crippen LogP contribution in [0, 0.1) is 0 Å². The summed E-state index contributed by atoms with van der Waals surface area (Å²) in [6, 6.07) is 8.42. The van der Waals surface area contributed by atoms with Crippen molar-refractivity contribution in [3.63, 3.8) is 0 Å². The van der Waals surface area contributed by atoms with E-state index in [1.165, 1.54) is 17.9 Å². The molecule has 8 heteroatoms. The molecule has 0 bridgehead atoms. The lowest BCUT2D eigenvalue weighted by molar-refractivity contribution is -0.119. The summed E-state index contributed by atoms with van der Waals surface area (Å²) in [5.41, 5.74) is 0.221. The minimum atomic E-state index is -0.802. The fraction of sp³-hybridized carbons (Fsp3) is 0.250. The highest BCUT2D eigenvalue weighted by atomic mass is 16.2. The number of carbonyl (C=O) groups is 1. The second-order valence-electron chi connectivity index (χ2n) is 5.75. The Hall–Kier alpha value is -3.16. The molecule has 1 aliphatic heterocycles. The van der Waals surface area contributed by atoms with Crippen molar-refractivity contribution >= 4 is 22.8 Å². The van der Waals surface area contributed by atoms with Crippen molar-refractivity contribution in [1.82, 2.24) is 19.1 Å². The van der Waals surface area contributed by atoms with Gasteiger partial charge in [0, 0.05) is 19.3 Å². The molecule has 0 aliphatic carbocycles. The molecule has 1 aromatic carbocycles. The van der Waals surface area contributed by atoms with Crippen LogP contribution in [0.15, 0.2) is 46.2 Å². The van der Waals surface area contributed by atoms with E-state index in [4.69, 9.17) is 0 Å². The van der Waals surface area contributed by atoms with Crippen LogP contribution in [-0.2, 0) is 11.8 Å². The van der Waals surface area contributed by atoms with Crippen molar-refractivity contribution in [2.24, 2.45) is 7.05 Å². The number of hydrogen-bond donors (Lipinski definition) is 1. The van der Waals surface area contributed by atoms with Crippen LogP contribution in [0.25, 0.3) is 11.2 Å². The van der Waals surface area contributed by atoms with Gasteiger partial charge in [-0.05, 0) is 18.6 Å². The van der Waals surface area contributed by atoms with E-state index < -0.39 is 17.3 Å². The van der Waals surface area contributed by atoms with Crippen molar-refractivity contribution in [2.75, 3.05) is 11.4 Å². The first-order valence-electron chi connectivity index (χ1n) is 7.60. The number of imidazole rings is 1. The number of para-hydroxylation sites is 1. The van der Waals surface area contributed by atoms with Crippen LogP contribution in [0.3, 0.4) is 0 Å². The van der Waals surface area contributed by atoms with Crippen LogP contribution < -0.4 is 16.1 Å². The summed E-state index contributed by atoms with van der Waals surface area (Å²) in [6.07, 6.45) is 1.77. The van der Waals surface area contributed by atoms with E-state index in [1.807, 2.05) is 30.3 Å². The van der Waals surface area contributed by atoms with E-state index in [0.29, 0.717) is 13.0 Å². The topological polar surface area (TPSA) is 93.0 Å². The first kappa shape index (κ1) is 14.4. The van der Waals surface area contributed by atoms with E-state index in [9.17, 15) is 14.4 Å². The predicted molar refractivity (Wildman–Crippen MR) is 88.0 cm³/mol. The van der Waals surface area contributed by atoms with Gasteiger partial charge in [-0.1, -0.05) is 18.2 Å². The first-order valence-corrected chi connectivity index (χ1v) is 7.60. The Balaban J connectivity index is 1.84. The fourth-order valence-electron chi connectivity index (χ4n) is 3.20. The minimum absolute atomic E-state index is 0.225. The Kier molecular flexibility index (Phi) is 3.12. The number of aromatic amines is 1. The molecule has 1 aliphatic rings. The van der Waals surface area contributed by atoms with Gasteiger partial charge in [-0.25, -0.2) is 14.3 Å². The van der Waals surface area contributed by atoms with Gasteiger partial charge in [0.25, 0.3) is 5.56 Å². The van der Waals surface area contributed by atoms with Crippen LogP contribution in [-0.4, -0.2) is 31.6 Å². The Bertz CT molecular complexity index is 1050. The monoisotopic (exact) mass is 325 g/mol. The van der Waals surface area contributed by atoms with Gasteiger partial charge in [-0.2, -0.15) is 0 Å². The van der Waals surface area contributed by atoms with Crippen molar-refractivity contribution in [3.8, 4) is 0 Å². The molecule has 1 N–H and O–H groups in total. The van der Waals surface area contributed by atoms with Crippen molar-refractivity contribution < 1.29 is 4.79 Å². The lowest BCUT2D eigenvalue weighted by atomic mass is 10.2. The van der Waals surface area contributed by atoms with Gasteiger partial charge >= 0.3 is 5.69 Å². The Labute approximate surface area is 136 Å². The zero-order valence-corrected chi connectivity index (χ0v) is 13.0. The van der Waals surface area contributed by atoms with E-state index in [-0.39, 0.29) is 17.1 Å². The van der Waals surface area contributed by atoms with E-state index in [0.717, 1.165) is 10.3 Å². The third-order valence-electron chi connectivity index (χ3n) is 4.42. The summed E-state index contributed by atoms with van der Waals surface area (Å²) in [4.78, 5) is 46.4. The van der Waals surface area contributed by atoms with Crippen molar-refractivity contribution in [1.29, 1.82) is 0 Å². The van der Waals surface area contributed by atoms with Crippen LogP contribution >= 0.6 is 0 Å². The number of aromatic nitrogens is 4. The molecular weight excluding hydrogens is 310 g/mol. The number of rotatable bonds is 2. The number of amides is 1. The molecule has 122 valence electrons. The molecular formula is C16H15N5O3. The summed E-state index contributed by atoms with van der Waals surface area (Å²) in [5.74, 6) is -0.251. The smallest absolute Gasteiger partial charge is 0.333 e. The van der Waals surface area contributed by atoms with E-state index in [2.05, 4.69) is 9.97 Å². The largest absolute Gasteiger partial charge is 0.339 e. The average molecular weight is 325 g/mol. The Morgan fingerprint density at radius 2 is 1.92 bits per heavy atom. The van der Waals surface area contributed by atoms with E-state index in [1.54, 1.807) is 4.90 Å². The zero-order valence-electron chi connectivity index (χ0n) is 13.0. The number of anilines is 1. The van der Waals surface area contributed by atoms with Gasteiger partial charge in [0.05, 0.1) is 6.33 Å². The highest BCUT2D eigenvalue weighted by Crippen LogP contribution is 2.26. The molecule has 4 rings (SSSR count). The Morgan fingerprint density at radius 1 is 1.17 bits per heavy atom. The van der Waals surface area contributed by atoms with Crippen molar-refractivity contribution in [3.05, 3.63) is 57.5 Å². The third-order valence-corrected chi connectivity index (χ3v) is 4.42. The number of nitrogens with zero attached hydrogens (tertiary/aromatic N) is 4. The first-order chi connectivity index (χ1) is 11.6. The molecule has 1 fully saturated rings. The summed E-state index contributed by atoms with van der Waals surface area (Å²) in [6.45, 7) is 0.462. The Morgan fingerprint density at radius 3 is 2.67 bits per heavy atom. The molecule has 3 aromatic rings. The molecule has 0 saturated carbocycles. The van der Waals surface area contributed by atoms with Gasteiger partial charge in [-0.3, -0.25) is 14.2 Å². The number of hydrogen-bond acceptors (Lipinski definition) is 4. The number of benzene rings is 1. The second-order valence-corrected chi connectivity index (χ2v) is 5.75. The number of aryl methyl sites for hydroxylation is 1. The van der Waals surface area contributed by atoms with Crippen LogP contribution in [0.4, 0.5) is 5.69 Å². The van der Waals surface area contributed by atoms with Crippen LogP contribution in [0.5, 0.6) is 0 Å². The molecule has 0 radical (unpaired) electrons. The van der Waals surface area contributed by atoms with Gasteiger partial charge in [0.1, 0.15) is 11.6 Å². The maximum Gasteiger partial charge on any atom is 0.333 e. The van der Waals surface area contributed by atoms with Crippen LogP contribution in [0.2, 0.25) is 0 Å². The average Bonchev–Trinajstić information content (AvgIpc) is 3.22. The number of fused-ring (bicyclic) bond motifs is 1. The summed E-state index contributed by atoms with van der Waals surface area (Å²) < 4.78 is 2.32. The predicted octanol–water partition coefficient (Wildman–Crippen LogP) is 0.401. The second kappa shape index (κ2) is 5.19. The van der Waals surface area contributed by atoms with Gasteiger partial charge in [0.15, 0.2) is 5.65 Å². The summed E-state index contributed by atoms with van der Waals surface area (Å²) in [5, 5.41) is 0. The lowest BCUT2D eigenvalue weighted by Crippen LogP contribution is -2.44. The molecule has 24 heavy (non-hydrogen) atoms. The third kappa shape index (κ3) is 1.92. The zero-order chi connectivity index (χ0) is 16.8. The number of carbonyl (C=O) groups excluding carboxylic acids is 1. The van der Waals surface area contributed by atoms with Gasteiger partial charge in [-0.15, -0.1) is 0 Å². The molecule has 1 atom stereocenters. The fourth-order valence-corrected chi connectivity index (χ4v) is 3.20. The maximum absolute atomic E-state index is 12.8. The van der Waals surface area contributed by atoms with E-state index >= 15 is 0 Å². The quantitative estimate of drug-likeness (QED) is 0.738. The van der Waals surface area contributed by atoms with Gasteiger partial charge < -0.3 is 9.88 Å². The summed E-state index contributed by atoms with van der Waals surface area (Å²) in [7, 11) is 1.54. The molecule has 2 aromatic heterocycles. The lowest BCUT2D eigenvalue weighted by Gasteiger charge is -2.17. The van der Waals surface area contributed by atoms with Gasteiger partial charge in [0.2, 0.25) is 5.91 Å².